The van der Waals surface area contributed by atoms with Crippen molar-refractivity contribution in [3.05, 3.63) is 80.4 Å². The van der Waals surface area contributed by atoms with E-state index in [1.165, 1.54) is 11.1 Å². The summed E-state index contributed by atoms with van der Waals surface area (Å²) >= 11 is 0. The number of halogens is 3. The lowest BCUT2D eigenvalue weighted by molar-refractivity contribution is 0.116. The molecule has 0 atom stereocenters. The number of nitrogens with zero attached hydrogens (tertiary/aromatic N) is 5. The molecule has 13 heteroatoms. The Morgan fingerprint density at radius 2 is 1.81 bits per heavy atom. The molecule has 5 rings (SSSR count). The summed E-state index contributed by atoms with van der Waals surface area (Å²) in [7, 11) is -0.980. The van der Waals surface area contributed by atoms with Gasteiger partial charge in [-0.3, -0.25) is 18.8 Å². The zero-order valence-corrected chi connectivity index (χ0v) is 19.4. The topological polar surface area (TPSA) is 110 Å². The Bertz CT molecular complexity index is 1490. The second kappa shape index (κ2) is 9.64. The number of benzene rings is 1. The number of hydrogen-bond acceptors (Lipinski definition) is 9. The number of hydrogen-bond donors (Lipinski definition) is 0. The van der Waals surface area contributed by atoms with E-state index in [1.54, 1.807) is 35.2 Å². The van der Waals surface area contributed by atoms with Crippen molar-refractivity contribution in [3.8, 4) is 11.5 Å². The van der Waals surface area contributed by atoms with Gasteiger partial charge in [-0.25, -0.2) is 4.39 Å². The highest BCUT2D eigenvalue weighted by molar-refractivity contribution is 7.85. The lowest BCUT2D eigenvalue weighted by atomic mass is 10.1. The van der Waals surface area contributed by atoms with Crippen LogP contribution in [0.2, 0.25) is 0 Å². The highest BCUT2D eigenvalue weighted by Gasteiger charge is 2.33. The SMILES string of the molecule is O=c1c(N2CCS(=O)CC2)c(N(Cc2ncc(-c3nnc(C(F)F)o3)cc2F)c2ccccc2)c1=O. The molecule has 0 spiro atoms. The van der Waals surface area contributed by atoms with Crippen LogP contribution in [0, 0.1) is 5.82 Å². The molecular weight excluding hydrogens is 499 g/mol. The second-order valence-corrected chi connectivity index (χ2v) is 9.71. The molecule has 1 aliphatic heterocycles. The third-order valence-electron chi connectivity index (χ3n) is 5.79. The van der Waals surface area contributed by atoms with E-state index in [9.17, 15) is 22.6 Å². The molecule has 0 bridgehead atoms. The van der Waals surface area contributed by atoms with E-state index in [1.807, 2.05) is 0 Å². The van der Waals surface area contributed by atoms with Gasteiger partial charge in [-0.1, -0.05) is 18.2 Å². The van der Waals surface area contributed by atoms with E-state index in [0.717, 1.165) is 6.07 Å². The van der Waals surface area contributed by atoms with Crippen molar-refractivity contribution < 1.29 is 21.8 Å². The Morgan fingerprint density at radius 1 is 1.08 bits per heavy atom. The fraction of sp³-hybridized carbons (Fsp3) is 0.261. The standard InChI is InChI=1S/C23H18F3N5O4S/c24-15-10-13(22-28-29-23(35-22)21(25)26)11-27-16(15)12-31(14-4-2-1-3-5-14)18-17(19(32)20(18)33)30-6-8-36(34)9-7-30/h1-5,10-11,21H,6-9,12H2. The molecule has 186 valence electrons. The minimum atomic E-state index is -2.96. The molecule has 0 radical (unpaired) electrons. The summed E-state index contributed by atoms with van der Waals surface area (Å²) in [6.45, 7) is 0.526. The first-order valence-corrected chi connectivity index (χ1v) is 12.3. The summed E-state index contributed by atoms with van der Waals surface area (Å²) in [4.78, 5) is 32.6. The number of para-hydroxylation sites is 1. The molecule has 0 N–H and O–H groups in total. The molecule has 3 heterocycles. The molecule has 0 amide bonds. The molecule has 1 saturated heterocycles. The first-order valence-electron chi connectivity index (χ1n) is 10.9. The van der Waals surface area contributed by atoms with Crippen molar-refractivity contribution >= 4 is 27.9 Å². The summed E-state index contributed by atoms with van der Waals surface area (Å²) in [6, 6.07) is 9.69. The normalized spacial score (nSPS) is 14.6. The average Bonchev–Trinajstić information content (AvgIpc) is 3.39. The molecule has 0 saturated carbocycles. The van der Waals surface area contributed by atoms with Crippen LogP contribution in [0.4, 0.5) is 30.2 Å². The minimum Gasteiger partial charge on any atom is -0.415 e. The van der Waals surface area contributed by atoms with Crippen molar-refractivity contribution in [2.24, 2.45) is 0 Å². The van der Waals surface area contributed by atoms with Gasteiger partial charge in [0.05, 0.1) is 17.8 Å². The van der Waals surface area contributed by atoms with Gasteiger partial charge < -0.3 is 14.2 Å². The third-order valence-corrected chi connectivity index (χ3v) is 7.07. The molecule has 9 nitrogen and oxygen atoms in total. The number of anilines is 3. The Morgan fingerprint density at radius 3 is 2.44 bits per heavy atom. The van der Waals surface area contributed by atoms with Gasteiger partial charge in [0.2, 0.25) is 5.89 Å². The molecular formula is C23H18F3N5O4S. The molecule has 1 fully saturated rings. The van der Waals surface area contributed by atoms with Gasteiger partial charge in [-0.15, -0.1) is 10.2 Å². The van der Waals surface area contributed by atoms with Crippen LogP contribution in [0.5, 0.6) is 0 Å². The van der Waals surface area contributed by atoms with E-state index in [0.29, 0.717) is 30.3 Å². The zero-order valence-electron chi connectivity index (χ0n) is 18.6. The highest BCUT2D eigenvalue weighted by atomic mass is 32.2. The first kappa shape index (κ1) is 23.9. The van der Waals surface area contributed by atoms with E-state index in [4.69, 9.17) is 4.42 Å². The van der Waals surface area contributed by atoms with Gasteiger partial charge >= 0.3 is 6.43 Å². The largest absolute Gasteiger partial charge is 0.415 e. The zero-order chi connectivity index (χ0) is 25.4. The first-order chi connectivity index (χ1) is 17.3. The fourth-order valence-electron chi connectivity index (χ4n) is 3.97. The molecule has 4 aromatic rings. The van der Waals surface area contributed by atoms with Crippen molar-refractivity contribution in [3.63, 3.8) is 0 Å². The number of aromatic nitrogens is 3. The number of pyridine rings is 1. The maximum Gasteiger partial charge on any atom is 0.314 e. The summed E-state index contributed by atoms with van der Waals surface area (Å²) in [6.07, 6.45) is -1.76. The Hall–Kier alpha value is -3.87. The van der Waals surface area contributed by atoms with E-state index < -0.39 is 39.8 Å². The predicted octanol–water partition coefficient (Wildman–Crippen LogP) is 2.71. The summed E-state index contributed by atoms with van der Waals surface area (Å²) in [5.41, 5.74) is -0.537. The lowest BCUT2D eigenvalue weighted by Gasteiger charge is -2.34. The van der Waals surface area contributed by atoms with E-state index in [2.05, 4.69) is 15.2 Å². The van der Waals surface area contributed by atoms with Crippen LogP contribution in [0.15, 0.2) is 56.6 Å². The minimum absolute atomic E-state index is 0.0121. The van der Waals surface area contributed by atoms with Crippen LogP contribution < -0.4 is 20.7 Å². The van der Waals surface area contributed by atoms with Crippen molar-refractivity contribution in [2.45, 2.75) is 13.0 Å². The van der Waals surface area contributed by atoms with Gasteiger partial charge in [-0.2, -0.15) is 8.78 Å². The predicted molar refractivity (Wildman–Crippen MR) is 126 cm³/mol. The maximum absolute atomic E-state index is 15.1. The quantitative estimate of drug-likeness (QED) is 0.342. The molecule has 2 aromatic carbocycles. The molecule has 0 unspecified atom stereocenters. The Labute approximate surface area is 204 Å². The molecule has 36 heavy (non-hydrogen) atoms. The average molecular weight is 517 g/mol. The van der Waals surface area contributed by atoms with E-state index in [-0.39, 0.29) is 35.1 Å². The van der Waals surface area contributed by atoms with Crippen LogP contribution in [-0.2, 0) is 17.3 Å². The van der Waals surface area contributed by atoms with Gasteiger partial charge in [-0.05, 0) is 18.2 Å². The van der Waals surface area contributed by atoms with Crippen LogP contribution in [0.1, 0.15) is 18.0 Å². The number of rotatable bonds is 7. The molecule has 0 aliphatic carbocycles. The van der Waals surface area contributed by atoms with Crippen LogP contribution in [0.3, 0.4) is 0 Å². The summed E-state index contributed by atoms with van der Waals surface area (Å²) in [5.74, 6) is -1.23. The van der Waals surface area contributed by atoms with Crippen LogP contribution >= 0.6 is 0 Å². The monoisotopic (exact) mass is 517 g/mol. The van der Waals surface area contributed by atoms with Crippen molar-refractivity contribution in [1.82, 2.24) is 15.2 Å². The summed E-state index contributed by atoms with van der Waals surface area (Å²) in [5, 5.41) is 6.71. The highest BCUT2D eigenvalue weighted by Crippen LogP contribution is 2.33. The maximum atomic E-state index is 15.1. The number of alkyl halides is 2. The van der Waals surface area contributed by atoms with Crippen molar-refractivity contribution in [2.75, 3.05) is 34.4 Å². The fourth-order valence-corrected chi connectivity index (χ4v) is 5.02. The van der Waals surface area contributed by atoms with Crippen LogP contribution in [0.25, 0.3) is 11.5 Å². The Balaban J connectivity index is 1.50. The van der Waals surface area contributed by atoms with Crippen LogP contribution in [-0.4, -0.2) is 44.0 Å². The van der Waals surface area contributed by atoms with E-state index >= 15 is 4.39 Å². The van der Waals surface area contributed by atoms with Crippen molar-refractivity contribution in [1.29, 1.82) is 0 Å². The van der Waals surface area contributed by atoms with Gasteiger partial charge in [0.15, 0.2) is 0 Å². The molecule has 1 aliphatic rings. The molecule has 2 aromatic heterocycles. The van der Waals surface area contributed by atoms with Gasteiger partial charge in [0, 0.05) is 47.3 Å². The Kier molecular flexibility index (Phi) is 6.39. The second-order valence-electron chi connectivity index (χ2n) is 8.01. The summed E-state index contributed by atoms with van der Waals surface area (Å²) < 4.78 is 57.2. The third kappa shape index (κ3) is 4.41. The van der Waals surface area contributed by atoms with Gasteiger partial charge in [0.1, 0.15) is 17.2 Å². The lowest BCUT2D eigenvalue weighted by Crippen LogP contribution is -2.49. The smallest absolute Gasteiger partial charge is 0.314 e. The van der Waals surface area contributed by atoms with Gasteiger partial charge in [0.25, 0.3) is 16.7 Å².